The van der Waals surface area contributed by atoms with Crippen LogP contribution in [0.15, 0.2) is 44.9 Å². The molecule has 3 rings (SSSR count). The van der Waals surface area contributed by atoms with E-state index >= 15 is 0 Å². The van der Waals surface area contributed by atoms with Crippen LogP contribution in [0, 0.1) is 23.0 Å². The maximum Gasteiger partial charge on any atom is 0.184 e. The van der Waals surface area contributed by atoms with Gasteiger partial charge in [0.25, 0.3) is 0 Å². The van der Waals surface area contributed by atoms with Crippen LogP contribution in [0.2, 0.25) is 0 Å². The SMILES string of the molecule is N#Cc1cc(Sc2c(F)c(F)c3[nH]ccc3c2Br)ccn1. The van der Waals surface area contributed by atoms with E-state index < -0.39 is 11.6 Å². The lowest BCUT2D eigenvalue weighted by Gasteiger charge is -2.08. The second-order valence-electron chi connectivity index (χ2n) is 4.13. The number of rotatable bonds is 2. The van der Waals surface area contributed by atoms with Crippen LogP contribution in [0.25, 0.3) is 10.9 Å². The van der Waals surface area contributed by atoms with Crippen LogP contribution in [-0.2, 0) is 0 Å². The highest BCUT2D eigenvalue weighted by Crippen LogP contribution is 2.41. The first kappa shape index (κ1) is 14.0. The minimum atomic E-state index is -0.933. The monoisotopic (exact) mass is 365 g/mol. The van der Waals surface area contributed by atoms with Crippen molar-refractivity contribution in [1.29, 1.82) is 5.26 Å². The molecule has 0 radical (unpaired) electrons. The molecular formula is C14H6BrF2N3S. The van der Waals surface area contributed by atoms with E-state index in [0.29, 0.717) is 14.8 Å². The molecule has 2 aromatic heterocycles. The zero-order valence-electron chi connectivity index (χ0n) is 10.3. The summed E-state index contributed by atoms with van der Waals surface area (Å²) in [5.74, 6) is -1.85. The molecule has 1 aromatic carbocycles. The van der Waals surface area contributed by atoms with E-state index in [1.165, 1.54) is 12.3 Å². The highest BCUT2D eigenvalue weighted by atomic mass is 79.9. The van der Waals surface area contributed by atoms with Gasteiger partial charge >= 0.3 is 0 Å². The van der Waals surface area contributed by atoms with Crippen molar-refractivity contribution in [3.05, 3.63) is 52.4 Å². The van der Waals surface area contributed by atoms with E-state index in [4.69, 9.17) is 5.26 Å². The summed E-state index contributed by atoms with van der Waals surface area (Å²) >= 11 is 4.35. The Morgan fingerprint density at radius 1 is 1.29 bits per heavy atom. The normalized spacial score (nSPS) is 10.8. The Hall–Kier alpha value is -1.91. The third kappa shape index (κ3) is 2.41. The second kappa shape index (κ2) is 5.47. The average molecular weight is 366 g/mol. The van der Waals surface area contributed by atoms with Gasteiger partial charge in [0.2, 0.25) is 0 Å². The molecule has 0 amide bonds. The molecule has 0 unspecified atom stereocenters. The number of halogens is 3. The number of nitrogens with zero attached hydrogens (tertiary/aromatic N) is 2. The van der Waals surface area contributed by atoms with E-state index in [1.54, 1.807) is 18.3 Å². The molecule has 104 valence electrons. The van der Waals surface area contributed by atoms with E-state index in [9.17, 15) is 8.78 Å². The summed E-state index contributed by atoms with van der Waals surface area (Å²) in [6.45, 7) is 0. The van der Waals surface area contributed by atoms with Gasteiger partial charge in [-0.2, -0.15) is 5.26 Å². The lowest BCUT2D eigenvalue weighted by atomic mass is 10.2. The lowest BCUT2D eigenvalue weighted by Crippen LogP contribution is -1.92. The first-order valence-corrected chi connectivity index (χ1v) is 7.40. The number of fused-ring (bicyclic) bond motifs is 1. The summed E-state index contributed by atoms with van der Waals surface area (Å²) < 4.78 is 28.7. The lowest BCUT2D eigenvalue weighted by molar-refractivity contribution is 0.497. The summed E-state index contributed by atoms with van der Waals surface area (Å²) in [7, 11) is 0. The highest BCUT2D eigenvalue weighted by molar-refractivity contribution is 9.10. The van der Waals surface area contributed by atoms with Crippen molar-refractivity contribution in [1.82, 2.24) is 9.97 Å². The molecule has 0 atom stereocenters. The highest BCUT2D eigenvalue weighted by Gasteiger charge is 2.20. The van der Waals surface area contributed by atoms with Crippen LogP contribution in [-0.4, -0.2) is 9.97 Å². The standard InChI is InChI=1S/C14H6BrF2N3S/c15-10-9-2-4-20-13(9)11(16)12(17)14(10)21-8-1-3-19-7(5-8)6-18/h1-5,20H. The molecule has 0 aliphatic carbocycles. The molecule has 3 aromatic rings. The number of aromatic nitrogens is 2. The molecule has 0 spiro atoms. The van der Waals surface area contributed by atoms with Gasteiger partial charge in [-0.1, -0.05) is 11.8 Å². The number of pyridine rings is 1. The smallest absolute Gasteiger partial charge is 0.184 e. The molecule has 0 saturated heterocycles. The Morgan fingerprint density at radius 2 is 2.10 bits per heavy atom. The predicted octanol–water partition coefficient (Wildman–Crippen LogP) is 4.63. The summed E-state index contributed by atoms with van der Waals surface area (Å²) in [5, 5.41) is 9.39. The van der Waals surface area contributed by atoms with Crippen molar-refractivity contribution in [2.24, 2.45) is 0 Å². The number of nitriles is 1. The molecule has 0 aliphatic rings. The van der Waals surface area contributed by atoms with E-state index in [0.717, 1.165) is 11.8 Å². The topological polar surface area (TPSA) is 52.5 Å². The molecule has 3 nitrogen and oxygen atoms in total. The van der Waals surface area contributed by atoms with Crippen LogP contribution in [0.1, 0.15) is 5.69 Å². The first-order chi connectivity index (χ1) is 10.1. The predicted molar refractivity (Wildman–Crippen MR) is 79.0 cm³/mol. The van der Waals surface area contributed by atoms with Crippen molar-refractivity contribution in [3.8, 4) is 6.07 Å². The van der Waals surface area contributed by atoms with Crippen molar-refractivity contribution in [3.63, 3.8) is 0 Å². The van der Waals surface area contributed by atoms with Crippen LogP contribution >= 0.6 is 27.7 Å². The van der Waals surface area contributed by atoms with Crippen LogP contribution in [0.3, 0.4) is 0 Å². The fraction of sp³-hybridized carbons (Fsp3) is 0. The fourth-order valence-electron chi connectivity index (χ4n) is 1.91. The number of H-pyrrole nitrogens is 1. The molecule has 2 heterocycles. The van der Waals surface area contributed by atoms with Gasteiger partial charge in [-0.3, -0.25) is 0 Å². The quantitative estimate of drug-likeness (QED) is 0.673. The Balaban J connectivity index is 2.14. The molecule has 1 N–H and O–H groups in total. The third-order valence-electron chi connectivity index (χ3n) is 2.86. The van der Waals surface area contributed by atoms with Crippen molar-refractivity contribution in [2.45, 2.75) is 9.79 Å². The number of hydrogen-bond acceptors (Lipinski definition) is 3. The Morgan fingerprint density at radius 3 is 2.86 bits per heavy atom. The van der Waals surface area contributed by atoms with Crippen molar-refractivity contribution >= 4 is 38.6 Å². The maximum absolute atomic E-state index is 14.2. The minimum absolute atomic E-state index is 0.121. The molecular weight excluding hydrogens is 360 g/mol. The Kier molecular flexibility index (Phi) is 3.66. The Labute approximate surface area is 131 Å². The van der Waals surface area contributed by atoms with E-state index in [1.807, 2.05) is 6.07 Å². The molecule has 0 fully saturated rings. The van der Waals surface area contributed by atoms with Gasteiger partial charge in [-0.15, -0.1) is 0 Å². The van der Waals surface area contributed by atoms with Gasteiger partial charge in [0.1, 0.15) is 11.8 Å². The molecule has 7 heteroatoms. The largest absolute Gasteiger partial charge is 0.359 e. The van der Waals surface area contributed by atoms with Crippen LogP contribution in [0.4, 0.5) is 8.78 Å². The van der Waals surface area contributed by atoms with Gasteiger partial charge in [0.05, 0.1) is 10.4 Å². The number of nitrogens with one attached hydrogen (secondary N) is 1. The number of hydrogen-bond donors (Lipinski definition) is 1. The average Bonchev–Trinajstić information content (AvgIpc) is 2.99. The second-order valence-corrected chi connectivity index (χ2v) is 6.00. The minimum Gasteiger partial charge on any atom is -0.359 e. The van der Waals surface area contributed by atoms with Gasteiger partial charge in [0, 0.05) is 27.1 Å². The van der Waals surface area contributed by atoms with Gasteiger partial charge in [-0.05, 0) is 34.1 Å². The van der Waals surface area contributed by atoms with Gasteiger partial charge in [0.15, 0.2) is 11.6 Å². The third-order valence-corrected chi connectivity index (χ3v) is 5.02. The summed E-state index contributed by atoms with van der Waals surface area (Å²) in [6.07, 6.45) is 3.00. The summed E-state index contributed by atoms with van der Waals surface area (Å²) in [5.41, 5.74) is 0.343. The Bertz CT molecular complexity index is 886. The zero-order chi connectivity index (χ0) is 15.0. The number of benzene rings is 1. The van der Waals surface area contributed by atoms with Gasteiger partial charge in [-0.25, -0.2) is 13.8 Å². The zero-order valence-corrected chi connectivity index (χ0v) is 12.7. The van der Waals surface area contributed by atoms with E-state index in [-0.39, 0.29) is 16.1 Å². The van der Waals surface area contributed by atoms with Crippen LogP contribution < -0.4 is 0 Å². The maximum atomic E-state index is 14.2. The molecule has 0 aliphatic heterocycles. The molecule has 0 bridgehead atoms. The van der Waals surface area contributed by atoms with E-state index in [2.05, 4.69) is 25.9 Å². The fourth-order valence-corrected chi connectivity index (χ4v) is 3.57. The van der Waals surface area contributed by atoms with Gasteiger partial charge < -0.3 is 4.98 Å². The van der Waals surface area contributed by atoms with Crippen LogP contribution in [0.5, 0.6) is 0 Å². The number of aromatic amines is 1. The molecule has 21 heavy (non-hydrogen) atoms. The summed E-state index contributed by atoms with van der Waals surface area (Å²) in [4.78, 5) is 7.26. The van der Waals surface area contributed by atoms with Crippen molar-refractivity contribution < 1.29 is 8.78 Å². The summed E-state index contributed by atoms with van der Waals surface area (Å²) in [6, 6.07) is 6.74. The first-order valence-electron chi connectivity index (χ1n) is 5.79. The van der Waals surface area contributed by atoms with Crippen molar-refractivity contribution in [2.75, 3.05) is 0 Å². The molecule has 0 saturated carbocycles.